The van der Waals surface area contributed by atoms with Gasteiger partial charge in [-0.1, -0.05) is 49.0 Å². The minimum Gasteiger partial charge on any atom is -0.381 e. The van der Waals surface area contributed by atoms with Gasteiger partial charge in [0, 0.05) is 18.8 Å². The Balaban J connectivity index is 1.58. The molecule has 1 heterocycles. The first-order valence-corrected chi connectivity index (χ1v) is 11.0. The van der Waals surface area contributed by atoms with Crippen molar-refractivity contribution >= 4 is 16.8 Å². The van der Waals surface area contributed by atoms with E-state index < -0.39 is 0 Å². The molecule has 2 nitrogen and oxygen atoms in total. The van der Waals surface area contributed by atoms with Gasteiger partial charge in [-0.15, -0.1) is 18.3 Å². The topological polar surface area (TPSA) is 21.6 Å². The Morgan fingerprint density at radius 3 is 2.85 bits per heavy atom. The molecule has 1 saturated carbocycles. The molecule has 0 bridgehead atoms. The highest BCUT2D eigenvalue weighted by Crippen LogP contribution is 2.44. The van der Waals surface area contributed by atoms with Gasteiger partial charge in [-0.05, 0) is 51.4 Å². The molecule has 4 atom stereocenters. The molecule has 0 aromatic heterocycles. The van der Waals surface area contributed by atoms with Gasteiger partial charge in [-0.3, -0.25) is 4.99 Å². The highest BCUT2D eigenvalue weighted by Gasteiger charge is 2.39. The van der Waals surface area contributed by atoms with E-state index >= 15 is 0 Å². The van der Waals surface area contributed by atoms with Gasteiger partial charge in [0.15, 0.2) is 0 Å². The van der Waals surface area contributed by atoms with Gasteiger partial charge in [-0.2, -0.15) is 0 Å². The summed E-state index contributed by atoms with van der Waals surface area (Å²) in [5.41, 5.74) is 1.40. The molecule has 2 aliphatic rings. The highest BCUT2D eigenvalue weighted by atomic mass is 32.2. The summed E-state index contributed by atoms with van der Waals surface area (Å²) >= 11 is 1.97. The zero-order chi connectivity index (χ0) is 18.8. The average molecular weight is 374 g/mol. The van der Waals surface area contributed by atoms with E-state index in [1.165, 1.54) is 17.0 Å². The van der Waals surface area contributed by atoms with E-state index in [9.17, 15) is 0 Å². The van der Waals surface area contributed by atoms with Crippen LogP contribution < -0.4 is 0 Å². The first-order chi connectivity index (χ1) is 12.6. The fourth-order valence-corrected chi connectivity index (χ4v) is 4.42. The summed E-state index contributed by atoms with van der Waals surface area (Å²) in [6.07, 6.45) is 20.1. The zero-order valence-electron chi connectivity index (χ0n) is 16.7. The third kappa shape index (κ3) is 7.67. The molecule has 26 heavy (non-hydrogen) atoms. The van der Waals surface area contributed by atoms with Crippen molar-refractivity contribution in [1.82, 2.24) is 0 Å². The number of hydrogen-bond acceptors (Lipinski definition) is 3. The van der Waals surface area contributed by atoms with Gasteiger partial charge in [0.1, 0.15) is 0 Å². The van der Waals surface area contributed by atoms with Gasteiger partial charge in [0.25, 0.3) is 0 Å². The fraction of sp³-hybridized carbons (Fsp3) is 0.609. The summed E-state index contributed by atoms with van der Waals surface area (Å²) < 4.78 is 5.45. The van der Waals surface area contributed by atoms with Crippen LogP contribution in [0.15, 0.2) is 53.6 Å². The highest BCUT2D eigenvalue weighted by molar-refractivity contribution is 8.14. The Labute approximate surface area is 164 Å². The van der Waals surface area contributed by atoms with Crippen LogP contribution in [-0.4, -0.2) is 30.1 Å². The van der Waals surface area contributed by atoms with Crippen LogP contribution in [0.2, 0.25) is 0 Å². The van der Waals surface area contributed by atoms with Crippen LogP contribution in [0.4, 0.5) is 0 Å². The molecular weight excluding hydrogens is 338 g/mol. The molecule has 0 spiro atoms. The molecular formula is C23H35NOS. The Kier molecular flexibility index (Phi) is 9.49. The van der Waals surface area contributed by atoms with Gasteiger partial charge < -0.3 is 4.74 Å². The third-order valence-corrected chi connectivity index (χ3v) is 6.33. The summed E-state index contributed by atoms with van der Waals surface area (Å²) in [4.78, 5) is 4.86. The first-order valence-electron chi connectivity index (χ1n) is 9.97. The van der Waals surface area contributed by atoms with Gasteiger partial charge in [0.2, 0.25) is 0 Å². The lowest BCUT2D eigenvalue weighted by Gasteiger charge is -2.12. The Hall–Kier alpha value is -1.06. The maximum atomic E-state index is 5.45. The van der Waals surface area contributed by atoms with Crippen LogP contribution in [0.25, 0.3) is 0 Å². The minimum atomic E-state index is 0.296. The summed E-state index contributed by atoms with van der Waals surface area (Å²) in [6.45, 7) is 8.31. The predicted octanol–water partition coefficient (Wildman–Crippen LogP) is 6.37. The second kappa shape index (κ2) is 11.6. The van der Waals surface area contributed by atoms with E-state index in [1.807, 2.05) is 17.8 Å². The molecule has 0 amide bonds. The number of hydrogen-bond donors (Lipinski definition) is 0. The van der Waals surface area contributed by atoms with Crippen LogP contribution in [-0.2, 0) is 4.74 Å². The molecule has 1 aliphatic carbocycles. The van der Waals surface area contributed by atoms with Crippen LogP contribution in [0, 0.1) is 11.8 Å². The summed E-state index contributed by atoms with van der Waals surface area (Å²) in [5.74, 6) is 2.79. The smallest absolute Gasteiger partial charge is 0.0783 e. The van der Waals surface area contributed by atoms with E-state index in [4.69, 9.17) is 9.73 Å². The minimum absolute atomic E-state index is 0.296. The van der Waals surface area contributed by atoms with E-state index in [2.05, 4.69) is 50.8 Å². The molecule has 0 N–H and O–H groups in total. The van der Waals surface area contributed by atoms with Crippen molar-refractivity contribution in [3.63, 3.8) is 0 Å². The Bertz CT molecular complexity index is 561. The first kappa shape index (κ1) is 21.2. The number of unbranched alkanes of at least 4 members (excludes halogenated alkanes) is 1. The van der Waals surface area contributed by atoms with Crippen LogP contribution in [0.5, 0.6) is 0 Å². The Morgan fingerprint density at radius 1 is 1.38 bits per heavy atom. The number of nitrogens with zero attached hydrogens (tertiary/aromatic N) is 1. The maximum Gasteiger partial charge on any atom is 0.0783 e. The lowest BCUT2D eigenvalue weighted by Crippen LogP contribution is -2.08. The number of thioether (sulfide) groups is 1. The lowest BCUT2D eigenvalue weighted by atomic mass is 10.1. The Morgan fingerprint density at radius 2 is 2.15 bits per heavy atom. The zero-order valence-corrected chi connectivity index (χ0v) is 17.5. The molecule has 0 radical (unpaired) electrons. The molecule has 1 aliphatic heterocycles. The fourth-order valence-electron chi connectivity index (χ4n) is 3.14. The standard InChI is InChI=1S/C23H35NOS/c1-5-11-21(25-4)15-14-18(2)12-9-7-6-8-10-13-20-17-26-23(24-20)22-16-19(22)3/h5,7,9-10,12-13,19-22H,1,6,8,11,14-17H2,2-4H3/b9-7+,13-10-,18-12+/t19-,20+,21-,22?/m0/s1. The van der Waals surface area contributed by atoms with E-state index in [-0.39, 0.29) is 0 Å². The summed E-state index contributed by atoms with van der Waals surface area (Å²) in [5, 5.41) is 1.41. The molecule has 144 valence electrons. The number of allylic oxidation sites excluding steroid dienone is 5. The second-order valence-electron chi connectivity index (χ2n) is 7.53. The molecule has 0 saturated heterocycles. The van der Waals surface area contributed by atoms with Gasteiger partial charge >= 0.3 is 0 Å². The predicted molar refractivity (Wildman–Crippen MR) is 117 cm³/mol. The van der Waals surface area contributed by atoms with Gasteiger partial charge in [-0.25, -0.2) is 0 Å². The number of aliphatic imine (C=N–C) groups is 1. The van der Waals surface area contributed by atoms with Crippen molar-refractivity contribution in [3.05, 3.63) is 48.6 Å². The summed E-state index contributed by atoms with van der Waals surface area (Å²) in [7, 11) is 1.78. The monoisotopic (exact) mass is 373 g/mol. The number of rotatable bonds is 12. The second-order valence-corrected chi connectivity index (χ2v) is 8.57. The van der Waals surface area contributed by atoms with Gasteiger partial charge in [0.05, 0.1) is 17.2 Å². The average Bonchev–Trinajstić information content (AvgIpc) is 3.18. The van der Waals surface area contributed by atoms with E-state index in [0.29, 0.717) is 12.1 Å². The van der Waals surface area contributed by atoms with Crippen molar-refractivity contribution in [2.24, 2.45) is 16.8 Å². The van der Waals surface area contributed by atoms with Crippen molar-refractivity contribution in [2.75, 3.05) is 12.9 Å². The summed E-state index contributed by atoms with van der Waals surface area (Å²) in [6, 6.07) is 0.415. The molecule has 2 rings (SSSR count). The van der Waals surface area contributed by atoms with Crippen molar-refractivity contribution in [2.45, 2.75) is 64.5 Å². The van der Waals surface area contributed by atoms with E-state index in [0.717, 1.165) is 49.7 Å². The molecule has 1 unspecified atom stereocenters. The van der Waals surface area contributed by atoms with Crippen molar-refractivity contribution in [1.29, 1.82) is 0 Å². The van der Waals surface area contributed by atoms with Crippen molar-refractivity contribution < 1.29 is 4.74 Å². The van der Waals surface area contributed by atoms with Crippen LogP contribution in [0.1, 0.15) is 52.4 Å². The molecule has 3 heteroatoms. The third-order valence-electron chi connectivity index (χ3n) is 5.12. The lowest BCUT2D eigenvalue weighted by molar-refractivity contribution is 0.0981. The molecule has 1 fully saturated rings. The molecule has 0 aromatic carbocycles. The normalized spacial score (nSPS) is 27.3. The van der Waals surface area contributed by atoms with Crippen LogP contribution >= 0.6 is 11.8 Å². The number of ether oxygens (including phenoxy) is 1. The van der Waals surface area contributed by atoms with E-state index in [1.54, 1.807) is 7.11 Å². The quantitative estimate of drug-likeness (QED) is 0.225. The number of methoxy groups -OCH3 is 1. The van der Waals surface area contributed by atoms with Crippen molar-refractivity contribution in [3.8, 4) is 0 Å². The largest absolute Gasteiger partial charge is 0.381 e. The maximum absolute atomic E-state index is 5.45. The van der Waals surface area contributed by atoms with Crippen LogP contribution in [0.3, 0.4) is 0 Å². The molecule has 0 aromatic rings. The SMILES string of the molecule is C=CC[C@@H](CC/C(C)=C/C=C/CC/C=C\[C@@H]1CSC(C2C[C@@H]2C)=N1)OC.